The molecule has 3 N–H and O–H groups in total. The van der Waals surface area contributed by atoms with Crippen molar-refractivity contribution in [2.45, 2.75) is 39.0 Å². The number of nitrogens with one attached hydrogen (secondary N) is 2. The van der Waals surface area contributed by atoms with Crippen molar-refractivity contribution >= 4 is 12.2 Å². The summed E-state index contributed by atoms with van der Waals surface area (Å²) in [6.45, 7) is 3.49. The van der Waals surface area contributed by atoms with Gasteiger partial charge in [0.15, 0.2) is 0 Å². The number of carbonyl (C=O) groups is 2. The van der Waals surface area contributed by atoms with Gasteiger partial charge in [0.1, 0.15) is 0 Å². The summed E-state index contributed by atoms with van der Waals surface area (Å²) in [6, 6.07) is 0. The minimum Gasteiger partial charge on any atom is -0.465 e. The molecule has 0 aromatic heterocycles. The van der Waals surface area contributed by atoms with E-state index in [2.05, 4.69) is 10.6 Å². The van der Waals surface area contributed by atoms with Crippen LogP contribution in [-0.2, 0) is 4.74 Å². The van der Waals surface area contributed by atoms with Crippen LogP contribution in [0.25, 0.3) is 0 Å². The lowest BCUT2D eigenvalue weighted by Gasteiger charge is -2.05. The average Bonchev–Trinajstić information content (AvgIpc) is 2.29. The highest BCUT2D eigenvalue weighted by atomic mass is 16.5. The van der Waals surface area contributed by atoms with Crippen LogP contribution in [0.4, 0.5) is 9.59 Å². The predicted molar refractivity (Wildman–Crippen MR) is 64.1 cm³/mol. The van der Waals surface area contributed by atoms with E-state index in [0.717, 1.165) is 32.1 Å². The second-order valence-electron chi connectivity index (χ2n) is 3.71. The van der Waals surface area contributed by atoms with Crippen molar-refractivity contribution in [1.82, 2.24) is 10.6 Å². The average molecular weight is 246 g/mol. The van der Waals surface area contributed by atoms with Crippen LogP contribution in [0.3, 0.4) is 0 Å². The van der Waals surface area contributed by atoms with Crippen molar-refractivity contribution in [3.8, 4) is 0 Å². The molecule has 0 aliphatic carbocycles. The number of hydrogen-bond acceptors (Lipinski definition) is 3. The fourth-order valence-electron chi connectivity index (χ4n) is 1.24. The first kappa shape index (κ1) is 15.5. The third kappa shape index (κ3) is 12.5. The lowest BCUT2D eigenvalue weighted by atomic mass is 10.2. The number of ether oxygens (including phenoxy) is 1. The van der Waals surface area contributed by atoms with Crippen molar-refractivity contribution in [2.24, 2.45) is 0 Å². The van der Waals surface area contributed by atoms with Gasteiger partial charge in [-0.3, -0.25) is 0 Å². The number of amides is 2. The van der Waals surface area contributed by atoms with Crippen LogP contribution in [-0.4, -0.2) is 37.0 Å². The molecule has 0 heterocycles. The molecule has 0 atom stereocenters. The second kappa shape index (κ2) is 11.0. The largest absolute Gasteiger partial charge is 0.465 e. The highest BCUT2D eigenvalue weighted by Crippen LogP contribution is 1.97. The molecule has 0 bridgehead atoms. The lowest BCUT2D eigenvalue weighted by Crippen LogP contribution is -2.25. The normalized spacial score (nSPS) is 9.71. The Bertz CT molecular complexity index is 222. The number of unbranched alkanes of at least 4 members (excludes halogenated alkanes) is 3. The predicted octanol–water partition coefficient (Wildman–Crippen LogP) is 1.95. The van der Waals surface area contributed by atoms with Gasteiger partial charge in [0.2, 0.25) is 0 Å². The molecular formula is C11H22N2O4. The Hall–Kier alpha value is -1.46. The monoisotopic (exact) mass is 246 g/mol. The van der Waals surface area contributed by atoms with E-state index in [1.54, 1.807) is 0 Å². The SMILES string of the molecule is CCCOC(=O)NCCCCCCNC(=O)O. The highest BCUT2D eigenvalue weighted by molar-refractivity contribution is 5.66. The Morgan fingerprint density at radius 3 is 2.18 bits per heavy atom. The molecule has 6 heteroatoms. The smallest absolute Gasteiger partial charge is 0.407 e. The molecule has 0 radical (unpaired) electrons. The standard InChI is InChI=1S/C11H22N2O4/c1-2-9-17-11(16)13-8-6-4-3-5-7-12-10(14)15/h12H,2-9H2,1H3,(H,13,16)(H,14,15). The molecule has 2 amide bonds. The third-order valence-electron chi connectivity index (χ3n) is 2.09. The first-order valence-corrected chi connectivity index (χ1v) is 6.04. The number of rotatable bonds is 9. The maximum Gasteiger partial charge on any atom is 0.407 e. The fourth-order valence-corrected chi connectivity index (χ4v) is 1.24. The van der Waals surface area contributed by atoms with Crippen molar-refractivity contribution in [3.63, 3.8) is 0 Å². The van der Waals surface area contributed by atoms with Crippen LogP contribution in [0.2, 0.25) is 0 Å². The molecule has 0 aromatic carbocycles. The molecule has 0 aliphatic rings. The molecule has 0 spiro atoms. The van der Waals surface area contributed by atoms with Gasteiger partial charge in [-0.15, -0.1) is 0 Å². The minimum atomic E-state index is -0.981. The summed E-state index contributed by atoms with van der Waals surface area (Å²) in [5.41, 5.74) is 0. The van der Waals surface area contributed by atoms with Crippen molar-refractivity contribution < 1.29 is 19.4 Å². The topological polar surface area (TPSA) is 87.7 Å². The molecule has 100 valence electrons. The number of carbonyl (C=O) groups excluding carboxylic acids is 1. The molecular weight excluding hydrogens is 224 g/mol. The second-order valence-corrected chi connectivity index (χ2v) is 3.71. The van der Waals surface area contributed by atoms with Gasteiger partial charge in [-0.05, 0) is 19.3 Å². The summed E-state index contributed by atoms with van der Waals surface area (Å²) in [7, 11) is 0. The van der Waals surface area contributed by atoms with Gasteiger partial charge in [0, 0.05) is 13.1 Å². The van der Waals surface area contributed by atoms with Gasteiger partial charge < -0.3 is 20.5 Å². The van der Waals surface area contributed by atoms with Crippen molar-refractivity contribution in [3.05, 3.63) is 0 Å². The van der Waals surface area contributed by atoms with Crippen LogP contribution in [0, 0.1) is 0 Å². The van der Waals surface area contributed by atoms with Crippen LogP contribution in [0.15, 0.2) is 0 Å². The molecule has 17 heavy (non-hydrogen) atoms. The summed E-state index contributed by atoms with van der Waals surface area (Å²) in [6.07, 6.45) is 3.11. The molecule has 0 fully saturated rings. The van der Waals surface area contributed by atoms with Crippen LogP contribution >= 0.6 is 0 Å². The third-order valence-corrected chi connectivity index (χ3v) is 2.09. The van der Waals surface area contributed by atoms with E-state index >= 15 is 0 Å². The van der Waals surface area contributed by atoms with E-state index in [0.29, 0.717) is 19.7 Å². The van der Waals surface area contributed by atoms with E-state index in [-0.39, 0.29) is 6.09 Å². The Morgan fingerprint density at radius 1 is 1.06 bits per heavy atom. The van der Waals surface area contributed by atoms with Gasteiger partial charge >= 0.3 is 12.2 Å². The molecule has 6 nitrogen and oxygen atoms in total. The zero-order valence-electron chi connectivity index (χ0n) is 10.3. The quantitative estimate of drug-likeness (QED) is 0.543. The number of hydrogen-bond donors (Lipinski definition) is 3. The summed E-state index contributed by atoms with van der Waals surface area (Å²) < 4.78 is 4.84. The van der Waals surface area contributed by atoms with Crippen LogP contribution < -0.4 is 10.6 Å². The minimum absolute atomic E-state index is 0.362. The number of carboxylic acid groups (broad SMARTS) is 1. The van der Waals surface area contributed by atoms with Crippen LogP contribution in [0.1, 0.15) is 39.0 Å². The molecule has 0 aromatic rings. The summed E-state index contributed by atoms with van der Waals surface area (Å²) in [5.74, 6) is 0. The molecule has 0 saturated heterocycles. The van der Waals surface area contributed by atoms with Gasteiger partial charge in [-0.1, -0.05) is 19.8 Å². The Morgan fingerprint density at radius 2 is 1.65 bits per heavy atom. The van der Waals surface area contributed by atoms with E-state index < -0.39 is 6.09 Å². The maximum absolute atomic E-state index is 11.0. The Labute approximate surface area is 102 Å². The zero-order valence-corrected chi connectivity index (χ0v) is 10.3. The van der Waals surface area contributed by atoms with Gasteiger partial charge in [-0.25, -0.2) is 9.59 Å². The lowest BCUT2D eigenvalue weighted by molar-refractivity contribution is 0.146. The summed E-state index contributed by atoms with van der Waals surface area (Å²) >= 11 is 0. The summed E-state index contributed by atoms with van der Waals surface area (Å²) in [5, 5.41) is 13.3. The van der Waals surface area contributed by atoms with E-state index in [1.165, 1.54) is 0 Å². The summed E-state index contributed by atoms with van der Waals surface area (Å²) in [4.78, 5) is 21.1. The molecule has 0 saturated carbocycles. The first-order chi connectivity index (χ1) is 8.16. The van der Waals surface area contributed by atoms with E-state index in [9.17, 15) is 9.59 Å². The van der Waals surface area contributed by atoms with Gasteiger partial charge in [0.25, 0.3) is 0 Å². The molecule has 0 rings (SSSR count). The maximum atomic E-state index is 11.0. The van der Waals surface area contributed by atoms with Gasteiger partial charge in [-0.2, -0.15) is 0 Å². The Balaban J connectivity index is 3.12. The highest BCUT2D eigenvalue weighted by Gasteiger charge is 1.99. The fraction of sp³-hybridized carbons (Fsp3) is 0.818. The van der Waals surface area contributed by atoms with Crippen molar-refractivity contribution in [2.75, 3.05) is 19.7 Å². The first-order valence-electron chi connectivity index (χ1n) is 6.04. The zero-order chi connectivity index (χ0) is 12.9. The van der Waals surface area contributed by atoms with Crippen molar-refractivity contribution in [1.29, 1.82) is 0 Å². The van der Waals surface area contributed by atoms with E-state index in [4.69, 9.17) is 9.84 Å². The Kier molecular flexibility index (Phi) is 10.1. The van der Waals surface area contributed by atoms with E-state index in [1.807, 2.05) is 6.92 Å². The molecule has 0 aliphatic heterocycles. The molecule has 0 unspecified atom stereocenters. The number of alkyl carbamates (subject to hydrolysis) is 1. The van der Waals surface area contributed by atoms with Crippen LogP contribution in [0.5, 0.6) is 0 Å². The van der Waals surface area contributed by atoms with Gasteiger partial charge in [0.05, 0.1) is 6.61 Å².